The number of rotatable bonds is 4. The SMILES string of the molecule is COc1cc2ncnc(N3CCN(C(=O)Nc4ccc(F)c(F)c4)CC3)c2cc1OC. The Hall–Kier alpha value is -3.69. The number of urea groups is 1. The number of ether oxygens (including phenoxy) is 2. The lowest BCUT2D eigenvalue weighted by atomic mass is 10.2. The summed E-state index contributed by atoms with van der Waals surface area (Å²) in [7, 11) is 3.13. The molecule has 0 bridgehead atoms. The molecule has 1 N–H and O–H groups in total. The third-order valence-corrected chi connectivity index (χ3v) is 5.16. The van der Waals surface area contributed by atoms with Gasteiger partial charge in [-0.25, -0.2) is 23.5 Å². The van der Waals surface area contributed by atoms with Crippen molar-refractivity contribution in [3.63, 3.8) is 0 Å². The van der Waals surface area contributed by atoms with Gasteiger partial charge in [0.25, 0.3) is 0 Å². The second-order valence-corrected chi connectivity index (χ2v) is 6.95. The fraction of sp³-hybridized carbons (Fsp3) is 0.286. The molecular formula is C21H21F2N5O3. The maximum absolute atomic E-state index is 13.4. The highest BCUT2D eigenvalue weighted by Gasteiger charge is 2.24. The van der Waals surface area contributed by atoms with E-state index in [2.05, 4.69) is 20.2 Å². The molecule has 2 aromatic carbocycles. The predicted molar refractivity (Wildman–Crippen MR) is 112 cm³/mol. The van der Waals surface area contributed by atoms with Crippen LogP contribution in [0.5, 0.6) is 11.5 Å². The van der Waals surface area contributed by atoms with Gasteiger partial charge in [0.1, 0.15) is 12.1 Å². The van der Waals surface area contributed by atoms with E-state index in [-0.39, 0.29) is 11.7 Å². The summed E-state index contributed by atoms with van der Waals surface area (Å²) >= 11 is 0. The first-order valence-electron chi connectivity index (χ1n) is 9.63. The molecule has 162 valence electrons. The van der Waals surface area contributed by atoms with Crippen LogP contribution in [0.2, 0.25) is 0 Å². The Balaban J connectivity index is 1.47. The minimum absolute atomic E-state index is 0.203. The highest BCUT2D eigenvalue weighted by atomic mass is 19.2. The third-order valence-electron chi connectivity index (χ3n) is 5.16. The third kappa shape index (κ3) is 4.14. The van der Waals surface area contributed by atoms with Gasteiger partial charge in [-0.1, -0.05) is 0 Å². The van der Waals surface area contributed by atoms with Crippen LogP contribution in [0.3, 0.4) is 0 Å². The summed E-state index contributed by atoms with van der Waals surface area (Å²) < 4.78 is 37.2. The standard InChI is InChI=1S/C21H21F2N5O3/c1-30-18-10-14-17(11-19(18)31-2)24-12-25-20(14)27-5-7-28(8-6-27)21(29)26-13-3-4-15(22)16(23)9-13/h3-4,9-12H,5-8H2,1-2H3,(H,26,29). The van der Waals surface area contributed by atoms with Gasteiger partial charge in [0, 0.05) is 49.4 Å². The number of aromatic nitrogens is 2. The first-order valence-corrected chi connectivity index (χ1v) is 9.63. The van der Waals surface area contributed by atoms with E-state index in [0.29, 0.717) is 37.7 Å². The minimum atomic E-state index is -1.01. The monoisotopic (exact) mass is 429 g/mol. The lowest BCUT2D eigenvalue weighted by molar-refractivity contribution is 0.208. The van der Waals surface area contributed by atoms with Crippen LogP contribution in [0, 0.1) is 11.6 Å². The molecule has 0 atom stereocenters. The Bertz CT molecular complexity index is 1120. The van der Waals surface area contributed by atoms with E-state index in [0.717, 1.165) is 28.9 Å². The summed E-state index contributed by atoms with van der Waals surface area (Å²) in [5.74, 6) is -0.0659. The Kier molecular flexibility index (Phi) is 5.70. The van der Waals surface area contributed by atoms with Gasteiger partial charge in [0.05, 0.1) is 19.7 Å². The Labute approximate surface area is 177 Å². The van der Waals surface area contributed by atoms with Gasteiger partial charge in [-0.05, 0) is 18.2 Å². The van der Waals surface area contributed by atoms with Crippen LogP contribution in [0.15, 0.2) is 36.7 Å². The molecule has 1 fully saturated rings. The minimum Gasteiger partial charge on any atom is -0.493 e. The molecule has 1 aromatic heterocycles. The number of hydrogen-bond donors (Lipinski definition) is 1. The zero-order valence-electron chi connectivity index (χ0n) is 17.1. The number of hydrogen-bond acceptors (Lipinski definition) is 6. The topological polar surface area (TPSA) is 79.8 Å². The molecule has 0 unspecified atom stereocenters. The number of piperazine rings is 1. The highest BCUT2D eigenvalue weighted by molar-refractivity contribution is 5.92. The summed E-state index contributed by atoms with van der Waals surface area (Å²) in [6, 6.07) is 6.52. The van der Waals surface area contributed by atoms with E-state index in [9.17, 15) is 13.6 Å². The number of methoxy groups -OCH3 is 2. The molecule has 1 aliphatic heterocycles. The molecular weight excluding hydrogens is 408 g/mol. The van der Waals surface area contributed by atoms with Crippen molar-refractivity contribution in [3.05, 3.63) is 48.3 Å². The van der Waals surface area contributed by atoms with Crippen LogP contribution >= 0.6 is 0 Å². The smallest absolute Gasteiger partial charge is 0.321 e. The summed E-state index contributed by atoms with van der Waals surface area (Å²) in [6.07, 6.45) is 1.49. The number of halogens is 2. The van der Waals surface area contributed by atoms with Crippen LogP contribution in [-0.2, 0) is 0 Å². The number of anilines is 2. The molecule has 8 nitrogen and oxygen atoms in total. The Morgan fingerprint density at radius 3 is 2.35 bits per heavy atom. The molecule has 2 heterocycles. The number of benzene rings is 2. The van der Waals surface area contributed by atoms with E-state index in [1.54, 1.807) is 25.2 Å². The number of carbonyl (C=O) groups excluding carboxylic acids is 1. The first kappa shape index (κ1) is 20.6. The fourth-order valence-electron chi connectivity index (χ4n) is 3.52. The van der Waals surface area contributed by atoms with Gasteiger partial charge in [-0.15, -0.1) is 0 Å². The Morgan fingerprint density at radius 1 is 0.968 bits per heavy atom. The van der Waals surface area contributed by atoms with E-state index < -0.39 is 11.6 Å². The highest BCUT2D eigenvalue weighted by Crippen LogP contribution is 2.34. The zero-order chi connectivity index (χ0) is 22.0. The maximum Gasteiger partial charge on any atom is 0.321 e. The van der Waals surface area contributed by atoms with Crippen molar-refractivity contribution in [2.45, 2.75) is 0 Å². The second kappa shape index (κ2) is 8.58. The van der Waals surface area contributed by atoms with Crippen LogP contribution in [-0.4, -0.2) is 61.3 Å². The number of fused-ring (bicyclic) bond motifs is 1. The van der Waals surface area contributed by atoms with E-state index in [1.807, 2.05) is 6.07 Å². The van der Waals surface area contributed by atoms with Gasteiger partial charge in [-0.2, -0.15) is 0 Å². The molecule has 0 spiro atoms. The second-order valence-electron chi connectivity index (χ2n) is 6.95. The number of nitrogens with zero attached hydrogens (tertiary/aromatic N) is 4. The molecule has 1 aliphatic rings. The average molecular weight is 429 g/mol. The van der Waals surface area contributed by atoms with Crippen LogP contribution < -0.4 is 19.7 Å². The van der Waals surface area contributed by atoms with E-state index in [1.165, 1.54) is 12.4 Å². The summed E-state index contributed by atoms with van der Waals surface area (Å²) in [5.41, 5.74) is 0.926. The molecule has 0 aliphatic carbocycles. The van der Waals surface area contributed by atoms with Gasteiger partial charge < -0.3 is 24.6 Å². The number of carbonyl (C=O) groups is 1. The lowest BCUT2D eigenvalue weighted by Gasteiger charge is -2.35. The van der Waals surface area contributed by atoms with E-state index >= 15 is 0 Å². The van der Waals surface area contributed by atoms with Crippen LogP contribution in [0.1, 0.15) is 0 Å². The van der Waals surface area contributed by atoms with Crippen molar-refractivity contribution in [1.29, 1.82) is 0 Å². The van der Waals surface area contributed by atoms with Crippen molar-refractivity contribution in [2.75, 3.05) is 50.6 Å². The van der Waals surface area contributed by atoms with Crippen molar-refractivity contribution in [3.8, 4) is 11.5 Å². The van der Waals surface area contributed by atoms with Crippen molar-refractivity contribution >= 4 is 28.4 Å². The quantitative estimate of drug-likeness (QED) is 0.686. The molecule has 2 amide bonds. The Morgan fingerprint density at radius 2 is 1.68 bits per heavy atom. The summed E-state index contributed by atoms with van der Waals surface area (Å²) in [6.45, 7) is 1.97. The normalized spacial score (nSPS) is 13.9. The van der Waals surface area contributed by atoms with Gasteiger partial charge >= 0.3 is 6.03 Å². The molecule has 10 heteroatoms. The van der Waals surface area contributed by atoms with Crippen molar-refractivity contribution in [2.24, 2.45) is 0 Å². The number of nitrogens with one attached hydrogen (secondary N) is 1. The largest absolute Gasteiger partial charge is 0.493 e. The van der Waals surface area contributed by atoms with Gasteiger partial charge in [0.15, 0.2) is 23.1 Å². The predicted octanol–water partition coefficient (Wildman–Crippen LogP) is 3.28. The van der Waals surface area contributed by atoms with Crippen LogP contribution in [0.25, 0.3) is 10.9 Å². The maximum atomic E-state index is 13.4. The fourth-order valence-corrected chi connectivity index (χ4v) is 3.52. The summed E-state index contributed by atoms with van der Waals surface area (Å²) in [5, 5.41) is 3.42. The average Bonchev–Trinajstić information content (AvgIpc) is 2.80. The van der Waals surface area contributed by atoms with E-state index in [4.69, 9.17) is 9.47 Å². The van der Waals surface area contributed by atoms with Crippen LogP contribution in [0.4, 0.5) is 25.1 Å². The molecule has 0 radical (unpaired) electrons. The molecule has 4 rings (SSSR count). The van der Waals surface area contributed by atoms with Crippen molar-refractivity contribution in [1.82, 2.24) is 14.9 Å². The molecule has 0 saturated carbocycles. The zero-order valence-corrected chi connectivity index (χ0v) is 17.1. The van der Waals surface area contributed by atoms with Crippen molar-refractivity contribution < 1.29 is 23.0 Å². The molecule has 31 heavy (non-hydrogen) atoms. The number of amides is 2. The van der Waals surface area contributed by atoms with Gasteiger partial charge in [0.2, 0.25) is 0 Å². The molecule has 1 saturated heterocycles. The van der Waals surface area contributed by atoms with Gasteiger partial charge in [-0.3, -0.25) is 0 Å². The lowest BCUT2D eigenvalue weighted by Crippen LogP contribution is -2.50. The molecule has 3 aromatic rings. The summed E-state index contributed by atoms with van der Waals surface area (Å²) in [4.78, 5) is 24.9. The first-order chi connectivity index (χ1) is 15.0.